The molecular formula is C16H18F4N2O4S. The Bertz CT molecular complexity index is 822. The molecule has 0 aromatic heterocycles. The van der Waals surface area contributed by atoms with Gasteiger partial charge in [0.05, 0.1) is 23.7 Å². The number of hydrogen-bond donors (Lipinski definition) is 0. The molecule has 0 spiro atoms. The van der Waals surface area contributed by atoms with Crippen molar-refractivity contribution >= 4 is 15.9 Å². The number of halogens is 4. The predicted octanol–water partition coefficient (Wildman–Crippen LogP) is 1.86. The molecule has 1 aromatic carbocycles. The summed E-state index contributed by atoms with van der Waals surface area (Å²) < 4.78 is 84.0. The maximum absolute atomic E-state index is 13.5. The van der Waals surface area contributed by atoms with Crippen molar-refractivity contribution < 1.29 is 35.5 Å². The summed E-state index contributed by atoms with van der Waals surface area (Å²) in [7, 11) is -4.38. The number of amides is 1. The van der Waals surface area contributed by atoms with Crippen molar-refractivity contribution in [2.24, 2.45) is 0 Å². The zero-order chi connectivity index (χ0) is 19.8. The number of carbonyl (C=O) groups excluding carboxylic acids is 1. The molecule has 0 bridgehead atoms. The monoisotopic (exact) mass is 410 g/mol. The molecule has 0 aliphatic carbocycles. The van der Waals surface area contributed by atoms with Gasteiger partial charge in [-0.25, -0.2) is 12.8 Å². The molecule has 0 saturated carbocycles. The number of rotatable bonds is 3. The Balaban J connectivity index is 1.90. The molecule has 150 valence electrons. The number of alkyl halides is 3. The van der Waals surface area contributed by atoms with Crippen LogP contribution in [0, 0.1) is 5.82 Å². The van der Waals surface area contributed by atoms with Gasteiger partial charge in [0.25, 0.3) is 0 Å². The maximum Gasteiger partial charge on any atom is 0.419 e. The van der Waals surface area contributed by atoms with Gasteiger partial charge in [0, 0.05) is 19.6 Å². The molecule has 1 atom stereocenters. The summed E-state index contributed by atoms with van der Waals surface area (Å²) in [6.07, 6.45) is -4.33. The van der Waals surface area contributed by atoms with Gasteiger partial charge in [-0.05, 0) is 31.0 Å². The Morgan fingerprint density at radius 3 is 2.44 bits per heavy atom. The quantitative estimate of drug-likeness (QED) is 0.714. The van der Waals surface area contributed by atoms with Crippen LogP contribution in [0.25, 0.3) is 0 Å². The van der Waals surface area contributed by atoms with E-state index < -0.39 is 44.4 Å². The molecule has 2 saturated heterocycles. The van der Waals surface area contributed by atoms with Crippen LogP contribution >= 0.6 is 0 Å². The summed E-state index contributed by atoms with van der Waals surface area (Å²) in [6, 6.07) is 0.561. The molecule has 6 nitrogen and oxygen atoms in total. The lowest BCUT2D eigenvalue weighted by molar-refractivity contribution is -0.140. The Hall–Kier alpha value is -1.72. The molecule has 11 heteroatoms. The van der Waals surface area contributed by atoms with Gasteiger partial charge >= 0.3 is 6.18 Å². The fourth-order valence-corrected chi connectivity index (χ4v) is 4.96. The highest BCUT2D eigenvalue weighted by Gasteiger charge is 2.42. The van der Waals surface area contributed by atoms with Gasteiger partial charge in [0.1, 0.15) is 11.9 Å². The zero-order valence-electron chi connectivity index (χ0n) is 14.2. The molecule has 0 radical (unpaired) electrons. The lowest BCUT2D eigenvalue weighted by atomic mass is 10.2. The molecule has 27 heavy (non-hydrogen) atoms. The molecule has 2 aliphatic heterocycles. The smallest absolute Gasteiger partial charge is 0.378 e. The van der Waals surface area contributed by atoms with E-state index in [0.717, 1.165) is 10.4 Å². The second-order valence-electron chi connectivity index (χ2n) is 6.35. The van der Waals surface area contributed by atoms with Crippen LogP contribution in [0.4, 0.5) is 17.6 Å². The van der Waals surface area contributed by atoms with Crippen molar-refractivity contribution in [3.8, 4) is 0 Å². The Morgan fingerprint density at radius 1 is 1.15 bits per heavy atom. The van der Waals surface area contributed by atoms with Gasteiger partial charge in [-0.1, -0.05) is 0 Å². The third-order valence-electron chi connectivity index (χ3n) is 4.66. The van der Waals surface area contributed by atoms with Crippen molar-refractivity contribution in [2.75, 3.05) is 32.8 Å². The fraction of sp³-hybridized carbons (Fsp3) is 0.562. The fourth-order valence-electron chi connectivity index (χ4n) is 3.29. The largest absolute Gasteiger partial charge is 0.419 e. The van der Waals surface area contributed by atoms with E-state index in [0.29, 0.717) is 38.8 Å². The average Bonchev–Trinajstić information content (AvgIpc) is 3.11. The molecule has 1 aromatic rings. The van der Waals surface area contributed by atoms with E-state index >= 15 is 0 Å². The van der Waals surface area contributed by atoms with E-state index in [1.165, 1.54) is 4.90 Å². The Kier molecular flexibility index (Phi) is 5.46. The summed E-state index contributed by atoms with van der Waals surface area (Å²) >= 11 is 0. The third-order valence-corrected chi connectivity index (χ3v) is 6.57. The van der Waals surface area contributed by atoms with Gasteiger partial charge in [-0.15, -0.1) is 0 Å². The summed E-state index contributed by atoms with van der Waals surface area (Å²) in [5.41, 5.74) is -1.65. The Morgan fingerprint density at radius 2 is 1.81 bits per heavy atom. The summed E-state index contributed by atoms with van der Waals surface area (Å²) in [4.78, 5) is 13.5. The highest BCUT2D eigenvalue weighted by Crippen LogP contribution is 2.34. The highest BCUT2D eigenvalue weighted by molar-refractivity contribution is 7.89. The molecule has 1 amide bonds. The maximum atomic E-state index is 13.5. The molecule has 2 aliphatic rings. The number of hydrogen-bond acceptors (Lipinski definition) is 4. The SMILES string of the molecule is O=C(C1CCCN1S(=O)(=O)c1ccc(F)c(C(F)(F)F)c1)N1CCOCC1. The lowest BCUT2D eigenvalue weighted by Crippen LogP contribution is -2.50. The van der Waals surface area contributed by atoms with Crippen molar-refractivity contribution in [1.82, 2.24) is 9.21 Å². The van der Waals surface area contributed by atoms with Crippen molar-refractivity contribution in [1.29, 1.82) is 0 Å². The molecule has 0 N–H and O–H groups in total. The minimum absolute atomic E-state index is 0.0157. The normalized spacial score (nSPS) is 22.2. The van der Waals surface area contributed by atoms with Gasteiger partial charge < -0.3 is 9.64 Å². The van der Waals surface area contributed by atoms with Crippen LogP contribution in [0.1, 0.15) is 18.4 Å². The van der Waals surface area contributed by atoms with Crippen LogP contribution in [0.2, 0.25) is 0 Å². The number of sulfonamides is 1. The first kappa shape index (κ1) is 20.0. The van der Waals surface area contributed by atoms with E-state index in [1.54, 1.807) is 0 Å². The third kappa shape index (κ3) is 3.94. The number of carbonyl (C=O) groups is 1. The summed E-state index contributed by atoms with van der Waals surface area (Å²) in [5.74, 6) is -1.94. The van der Waals surface area contributed by atoms with E-state index in [9.17, 15) is 30.8 Å². The average molecular weight is 410 g/mol. The van der Waals surface area contributed by atoms with Crippen LogP contribution in [-0.4, -0.2) is 62.4 Å². The van der Waals surface area contributed by atoms with Crippen molar-refractivity contribution in [2.45, 2.75) is 30.0 Å². The van der Waals surface area contributed by atoms with Gasteiger partial charge in [-0.3, -0.25) is 4.79 Å². The van der Waals surface area contributed by atoms with Crippen molar-refractivity contribution in [3.63, 3.8) is 0 Å². The second-order valence-corrected chi connectivity index (χ2v) is 8.24. The number of nitrogens with zero attached hydrogens (tertiary/aromatic N) is 2. The van der Waals surface area contributed by atoms with E-state index in [-0.39, 0.29) is 19.0 Å². The van der Waals surface area contributed by atoms with Gasteiger partial charge in [-0.2, -0.15) is 17.5 Å². The first-order valence-corrected chi connectivity index (χ1v) is 9.81. The van der Waals surface area contributed by atoms with Crippen LogP contribution in [0.3, 0.4) is 0 Å². The van der Waals surface area contributed by atoms with Gasteiger partial charge in [0.15, 0.2) is 0 Å². The minimum Gasteiger partial charge on any atom is -0.378 e. The number of morpholine rings is 1. The van der Waals surface area contributed by atoms with E-state index in [4.69, 9.17) is 4.74 Å². The standard InChI is InChI=1S/C16H18F4N2O4S/c17-13-4-3-11(10-12(13)16(18,19)20)27(24,25)22-5-1-2-14(22)15(23)21-6-8-26-9-7-21/h3-4,10,14H,1-2,5-9H2. The second kappa shape index (κ2) is 7.36. The zero-order valence-corrected chi connectivity index (χ0v) is 15.0. The Labute approximate surface area is 153 Å². The van der Waals surface area contributed by atoms with Crippen LogP contribution in [0.5, 0.6) is 0 Å². The van der Waals surface area contributed by atoms with Gasteiger partial charge in [0.2, 0.25) is 15.9 Å². The lowest BCUT2D eigenvalue weighted by Gasteiger charge is -2.32. The first-order chi connectivity index (χ1) is 12.6. The predicted molar refractivity (Wildman–Crippen MR) is 85.7 cm³/mol. The van der Waals surface area contributed by atoms with Crippen LogP contribution in [0.15, 0.2) is 23.1 Å². The molecule has 2 fully saturated rings. The van der Waals surface area contributed by atoms with Crippen molar-refractivity contribution in [3.05, 3.63) is 29.6 Å². The van der Waals surface area contributed by atoms with E-state index in [2.05, 4.69) is 0 Å². The minimum atomic E-state index is -5.02. The highest BCUT2D eigenvalue weighted by atomic mass is 32.2. The number of benzene rings is 1. The van der Waals surface area contributed by atoms with E-state index in [1.807, 2.05) is 0 Å². The molecule has 2 heterocycles. The topological polar surface area (TPSA) is 66.9 Å². The molecule has 1 unspecified atom stereocenters. The number of ether oxygens (including phenoxy) is 1. The molecule has 3 rings (SSSR count). The summed E-state index contributed by atoms with van der Waals surface area (Å²) in [6.45, 7) is 1.37. The molecular weight excluding hydrogens is 392 g/mol. The first-order valence-electron chi connectivity index (χ1n) is 8.37. The van der Waals surface area contributed by atoms with Crippen LogP contribution < -0.4 is 0 Å². The summed E-state index contributed by atoms with van der Waals surface area (Å²) in [5, 5.41) is 0. The van der Waals surface area contributed by atoms with Crippen LogP contribution in [-0.2, 0) is 25.7 Å².